The lowest BCUT2D eigenvalue weighted by atomic mass is 10.2. The molecule has 1 amide bonds. The molecular formula is C17H17Cl2NO4S. The topological polar surface area (TPSA) is 63.7 Å². The Balaban J connectivity index is 1.91. The van der Waals surface area contributed by atoms with Crippen molar-refractivity contribution in [2.45, 2.75) is 11.4 Å². The van der Waals surface area contributed by atoms with Crippen LogP contribution in [-0.2, 0) is 21.2 Å². The third-order valence-corrected chi connectivity index (χ3v) is 5.31. The maximum Gasteiger partial charge on any atom is 0.260 e. The monoisotopic (exact) mass is 401 g/mol. The number of benzene rings is 2. The number of likely N-dealkylation sites (N-methyl/N-ethyl adjacent to an activating group) is 1. The lowest BCUT2D eigenvalue weighted by molar-refractivity contribution is -0.132. The van der Waals surface area contributed by atoms with Crippen molar-refractivity contribution in [1.82, 2.24) is 4.90 Å². The van der Waals surface area contributed by atoms with Gasteiger partial charge in [-0.3, -0.25) is 4.79 Å². The minimum Gasteiger partial charge on any atom is -0.484 e. The van der Waals surface area contributed by atoms with Gasteiger partial charge in [-0.05, 0) is 42.0 Å². The quantitative estimate of drug-likeness (QED) is 0.743. The SMILES string of the molecule is CN(Cc1ccc(Cl)c(Cl)c1)C(=O)COc1ccc(S(C)(=O)=O)cc1. The molecule has 0 aliphatic carbocycles. The molecule has 5 nitrogen and oxygen atoms in total. The van der Waals surface area contributed by atoms with Gasteiger partial charge in [0.25, 0.3) is 5.91 Å². The molecule has 0 bridgehead atoms. The summed E-state index contributed by atoms with van der Waals surface area (Å²) in [5, 5.41) is 0.891. The highest BCUT2D eigenvalue weighted by Gasteiger charge is 2.12. The Bertz CT molecular complexity index is 867. The molecule has 0 unspecified atom stereocenters. The zero-order chi connectivity index (χ0) is 18.6. The number of halogens is 2. The van der Waals surface area contributed by atoms with Crippen molar-refractivity contribution < 1.29 is 17.9 Å². The number of ether oxygens (including phenoxy) is 1. The van der Waals surface area contributed by atoms with E-state index in [0.717, 1.165) is 11.8 Å². The van der Waals surface area contributed by atoms with E-state index in [-0.39, 0.29) is 17.4 Å². The van der Waals surface area contributed by atoms with Crippen molar-refractivity contribution in [2.24, 2.45) is 0 Å². The standard InChI is InChI=1S/C17H17Cl2NO4S/c1-20(10-12-3-8-15(18)16(19)9-12)17(21)11-24-13-4-6-14(7-5-13)25(2,22)23/h3-9H,10-11H2,1-2H3. The van der Waals surface area contributed by atoms with Crippen LogP contribution in [0.25, 0.3) is 0 Å². The molecule has 2 aromatic rings. The number of amides is 1. The first-order chi connectivity index (χ1) is 11.7. The van der Waals surface area contributed by atoms with Gasteiger partial charge in [0.1, 0.15) is 5.75 Å². The second kappa shape index (κ2) is 8.08. The fourth-order valence-electron chi connectivity index (χ4n) is 2.04. The largest absolute Gasteiger partial charge is 0.484 e. The van der Waals surface area contributed by atoms with Crippen molar-refractivity contribution in [1.29, 1.82) is 0 Å². The van der Waals surface area contributed by atoms with Crippen molar-refractivity contribution in [3.63, 3.8) is 0 Å². The van der Waals surface area contributed by atoms with Gasteiger partial charge in [-0.25, -0.2) is 8.42 Å². The van der Waals surface area contributed by atoms with Gasteiger partial charge in [0.15, 0.2) is 16.4 Å². The molecule has 0 N–H and O–H groups in total. The average molecular weight is 402 g/mol. The van der Waals surface area contributed by atoms with Crippen LogP contribution in [-0.4, -0.2) is 39.1 Å². The highest BCUT2D eigenvalue weighted by molar-refractivity contribution is 7.90. The van der Waals surface area contributed by atoms with Crippen LogP contribution >= 0.6 is 23.2 Å². The number of sulfone groups is 1. The summed E-state index contributed by atoms with van der Waals surface area (Å²) in [5.74, 6) is 0.196. The van der Waals surface area contributed by atoms with Crippen LogP contribution in [0.4, 0.5) is 0 Å². The summed E-state index contributed by atoms with van der Waals surface area (Å²) in [6, 6.07) is 11.1. The second-order valence-electron chi connectivity index (χ2n) is 5.53. The summed E-state index contributed by atoms with van der Waals surface area (Å²) < 4.78 is 28.2. The zero-order valence-corrected chi connectivity index (χ0v) is 16.0. The van der Waals surface area contributed by atoms with Crippen molar-refractivity contribution in [3.05, 3.63) is 58.1 Å². The summed E-state index contributed by atoms with van der Waals surface area (Å²) in [5.41, 5.74) is 0.850. The molecule has 2 aromatic carbocycles. The molecule has 0 fully saturated rings. The maximum atomic E-state index is 12.1. The predicted octanol–water partition coefficient (Wildman–Crippen LogP) is 3.43. The smallest absolute Gasteiger partial charge is 0.260 e. The molecule has 0 aliphatic rings. The summed E-state index contributed by atoms with van der Waals surface area (Å²) in [4.78, 5) is 13.8. The molecular weight excluding hydrogens is 385 g/mol. The Morgan fingerprint density at radius 3 is 2.28 bits per heavy atom. The molecule has 0 aromatic heterocycles. The van der Waals surface area contributed by atoms with Crippen molar-refractivity contribution in [3.8, 4) is 5.75 Å². The Morgan fingerprint density at radius 1 is 1.08 bits per heavy atom. The van der Waals surface area contributed by atoms with E-state index in [1.165, 1.54) is 29.2 Å². The molecule has 0 aliphatic heterocycles. The van der Waals surface area contributed by atoms with E-state index in [0.29, 0.717) is 22.3 Å². The van der Waals surface area contributed by atoms with E-state index in [1.54, 1.807) is 25.2 Å². The average Bonchev–Trinajstić information content (AvgIpc) is 2.55. The Morgan fingerprint density at radius 2 is 1.72 bits per heavy atom. The first-order valence-corrected chi connectivity index (χ1v) is 9.92. The molecule has 0 saturated heterocycles. The van der Waals surface area contributed by atoms with E-state index in [9.17, 15) is 13.2 Å². The van der Waals surface area contributed by atoms with E-state index in [1.807, 2.05) is 0 Å². The Labute approximate surface area is 157 Å². The molecule has 0 heterocycles. The van der Waals surface area contributed by atoms with E-state index >= 15 is 0 Å². The zero-order valence-electron chi connectivity index (χ0n) is 13.7. The third-order valence-electron chi connectivity index (χ3n) is 3.44. The van der Waals surface area contributed by atoms with E-state index in [2.05, 4.69) is 0 Å². The number of carbonyl (C=O) groups excluding carboxylic acids is 1. The van der Waals surface area contributed by atoms with Crippen LogP contribution in [0.3, 0.4) is 0 Å². The molecule has 134 valence electrons. The van der Waals surface area contributed by atoms with Crippen LogP contribution < -0.4 is 4.74 Å². The first kappa shape index (κ1) is 19.6. The molecule has 0 atom stereocenters. The van der Waals surface area contributed by atoms with Crippen LogP contribution in [0.1, 0.15) is 5.56 Å². The molecule has 0 spiro atoms. The van der Waals surface area contributed by atoms with Gasteiger partial charge in [0.2, 0.25) is 0 Å². The first-order valence-electron chi connectivity index (χ1n) is 7.27. The van der Waals surface area contributed by atoms with Crippen molar-refractivity contribution >= 4 is 38.9 Å². The number of nitrogens with zero attached hydrogens (tertiary/aromatic N) is 1. The van der Waals surface area contributed by atoms with E-state index in [4.69, 9.17) is 27.9 Å². The van der Waals surface area contributed by atoms with Gasteiger partial charge in [-0.2, -0.15) is 0 Å². The highest BCUT2D eigenvalue weighted by atomic mass is 35.5. The van der Waals surface area contributed by atoms with Gasteiger partial charge in [0, 0.05) is 19.8 Å². The maximum absolute atomic E-state index is 12.1. The summed E-state index contributed by atoms with van der Waals surface area (Å²) >= 11 is 11.8. The predicted molar refractivity (Wildman–Crippen MR) is 98.0 cm³/mol. The number of hydrogen-bond donors (Lipinski definition) is 0. The van der Waals surface area contributed by atoms with Gasteiger partial charge in [-0.15, -0.1) is 0 Å². The number of hydrogen-bond acceptors (Lipinski definition) is 4. The molecule has 0 saturated carbocycles. The fourth-order valence-corrected chi connectivity index (χ4v) is 2.99. The lowest BCUT2D eigenvalue weighted by Crippen LogP contribution is -2.30. The van der Waals surface area contributed by atoms with Gasteiger partial charge >= 0.3 is 0 Å². The molecule has 25 heavy (non-hydrogen) atoms. The second-order valence-corrected chi connectivity index (χ2v) is 8.36. The number of rotatable bonds is 6. The minimum atomic E-state index is -3.26. The Hall–Kier alpha value is -1.76. The normalized spacial score (nSPS) is 11.2. The summed E-state index contributed by atoms with van der Waals surface area (Å²) in [7, 11) is -1.60. The van der Waals surface area contributed by atoms with Crippen LogP contribution in [0.5, 0.6) is 5.75 Å². The molecule has 0 radical (unpaired) electrons. The minimum absolute atomic E-state index is 0.157. The van der Waals surface area contributed by atoms with Gasteiger partial charge < -0.3 is 9.64 Å². The molecule has 2 rings (SSSR count). The van der Waals surface area contributed by atoms with Gasteiger partial charge in [0.05, 0.1) is 14.9 Å². The Kier molecular flexibility index (Phi) is 6.32. The lowest BCUT2D eigenvalue weighted by Gasteiger charge is -2.18. The number of carbonyl (C=O) groups is 1. The third kappa shape index (κ3) is 5.63. The fraction of sp³-hybridized carbons (Fsp3) is 0.235. The summed E-state index contributed by atoms with van der Waals surface area (Å²) in [6.45, 7) is 0.210. The van der Waals surface area contributed by atoms with Crippen LogP contribution in [0.15, 0.2) is 47.4 Å². The van der Waals surface area contributed by atoms with Crippen molar-refractivity contribution in [2.75, 3.05) is 19.9 Å². The summed E-state index contributed by atoms with van der Waals surface area (Å²) in [6.07, 6.45) is 1.13. The van der Waals surface area contributed by atoms with Gasteiger partial charge in [-0.1, -0.05) is 29.3 Å². The van der Waals surface area contributed by atoms with E-state index < -0.39 is 9.84 Å². The highest BCUT2D eigenvalue weighted by Crippen LogP contribution is 2.23. The molecule has 8 heteroatoms. The van der Waals surface area contributed by atoms with Crippen LogP contribution in [0, 0.1) is 0 Å². The van der Waals surface area contributed by atoms with Crippen LogP contribution in [0.2, 0.25) is 10.0 Å².